The Kier molecular flexibility index (Phi) is 4.41. The number of hydrogen-bond acceptors (Lipinski definition) is 5. The van der Waals surface area contributed by atoms with Gasteiger partial charge in [0.25, 0.3) is 5.69 Å². The van der Waals surface area contributed by atoms with Gasteiger partial charge in [-0.05, 0) is 18.6 Å². The lowest BCUT2D eigenvalue weighted by Crippen LogP contribution is -2.07. The summed E-state index contributed by atoms with van der Waals surface area (Å²) in [6.45, 7) is 0. The van der Waals surface area contributed by atoms with Gasteiger partial charge in [-0.25, -0.2) is 4.98 Å². The minimum absolute atomic E-state index is 0.0403. The molecule has 2 aromatic rings. The van der Waals surface area contributed by atoms with Crippen molar-refractivity contribution < 1.29 is 9.13 Å². The summed E-state index contributed by atoms with van der Waals surface area (Å²) >= 11 is 0. The fraction of sp³-hybridized carbons (Fsp3) is 0.154. The van der Waals surface area contributed by atoms with E-state index in [0.29, 0.717) is 22.7 Å². The largest absolute Gasteiger partial charge is 0.396 e. The van der Waals surface area contributed by atoms with Crippen LogP contribution in [0.25, 0.3) is 0 Å². The van der Waals surface area contributed by atoms with Crippen molar-refractivity contribution in [1.29, 1.82) is 0 Å². The molecule has 0 aliphatic rings. The summed E-state index contributed by atoms with van der Waals surface area (Å²) in [5.74, 6) is 0.242. The highest BCUT2D eigenvalue weighted by Gasteiger charge is 2.15. The summed E-state index contributed by atoms with van der Waals surface area (Å²) in [5, 5.41) is 11.2. The molecule has 2 rings (SSSR count). The van der Waals surface area contributed by atoms with Crippen LogP contribution in [0, 0.1) is 10.1 Å². The van der Waals surface area contributed by atoms with Gasteiger partial charge in [0.2, 0.25) is 0 Å². The molecule has 0 bridgehead atoms. The lowest BCUT2D eigenvalue weighted by atomic mass is 10.1. The number of nitro groups is 1. The molecule has 1 aromatic carbocycles. The van der Waals surface area contributed by atoms with Gasteiger partial charge in [0.1, 0.15) is 5.03 Å². The van der Waals surface area contributed by atoms with Gasteiger partial charge >= 0.3 is 0 Å². The van der Waals surface area contributed by atoms with Gasteiger partial charge in [-0.15, -0.1) is 0 Å². The molecule has 1 unspecified atom stereocenters. The predicted molar refractivity (Wildman–Crippen MR) is 76.7 cm³/mol. The van der Waals surface area contributed by atoms with Gasteiger partial charge in [-0.1, -0.05) is 18.2 Å². The predicted octanol–water partition coefficient (Wildman–Crippen LogP) is 1.92. The second-order valence-electron chi connectivity index (χ2n) is 4.08. The molecule has 0 saturated carbocycles. The number of aromatic nitrogens is 1. The molecule has 1 aromatic heterocycles. The fourth-order valence-electron chi connectivity index (χ4n) is 1.79. The molecule has 7 heteroatoms. The monoisotopic (exact) mass is 291 g/mol. The first kappa shape index (κ1) is 14.1. The van der Waals surface area contributed by atoms with Crippen molar-refractivity contribution in [3.05, 3.63) is 58.3 Å². The van der Waals surface area contributed by atoms with Gasteiger partial charge in [0.05, 0.1) is 21.4 Å². The fourth-order valence-corrected chi connectivity index (χ4v) is 2.90. The van der Waals surface area contributed by atoms with Crippen molar-refractivity contribution in [3.8, 4) is 0 Å². The van der Waals surface area contributed by atoms with Crippen LogP contribution in [0.3, 0.4) is 0 Å². The quantitative estimate of drug-likeness (QED) is 0.670. The Hall–Kier alpha value is -2.28. The highest BCUT2D eigenvalue weighted by Crippen LogP contribution is 2.20. The molecule has 0 radical (unpaired) electrons. The Balaban J connectivity index is 2.12. The van der Waals surface area contributed by atoms with E-state index in [1.807, 2.05) is 0 Å². The number of benzene rings is 1. The maximum absolute atomic E-state index is 12.1. The molecule has 0 aliphatic heterocycles. The Bertz CT molecular complexity index is 661. The smallest absolute Gasteiger partial charge is 0.272 e. The summed E-state index contributed by atoms with van der Waals surface area (Å²) in [5.41, 5.74) is 6.67. The SMILES string of the molecule is Nc1cccnc1S(=O)CCc1ccccc1[N+](=O)[O-]. The maximum Gasteiger partial charge on any atom is 0.272 e. The molecule has 1 heterocycles. The molecule has 20 heavy (non-hydrogen) atoms. The second kappa shape index (κ2) is 6.25. The third-order valence-electron chi connectivity index (χ3n) is 2.76. The second-order valence-corrected chi connectivity index (χ2v) is 5.57. The zero-order valence-electron chi connectivity index (χ0n) is 10.6. The van der Waals surface area contributed by atoms with E-state index >= 15 is 0 Å². The number of pyridine rings is 1. The number of anilines is 1. The molecule has 1 atom stereocenters. The van der Waals surface area contributed by atoms with Gasteiger partial charge in [-0.2, -0.15) is 0 Å². The highest BCUT2D eigenvalue weighted by atomic mass is 32.2. The molecular weight excluding hydrogens is 278 g/mol. The molecule has 0 amide bonds. The zero-order valence-corrected chi connectivity index (χ0v) is 11.4. The van der Waals surface area contributed by atoms with Crippen LogP contribution in [-0.4, -0.2) is 19.9 Å². The number of rotatable bonds is 5. The average molecular weight is 291 g/mol. The lowest BCUT2D eigenvalue weighted by Gasteiger charge is -2.05. The van der Waals surface area contributed by atoms with Crippen LogP contribution in [0.2, 0.25) is 0 Å². The van der Waals surface area contributed by atoms with Crippen molar-refractivity contribution >= 4 is 22.2 Å². The zero-order chi connectivity index (χ0) is 14.5. The van der Waals surface area contributed by atoms with Crippen LogP contribution in [0.4, 0.5) is 11.4 Å². The van der Waals surface area contributed by atoms with E-state index in [1.165, 1.54) is 12.3 Å². The number of aryl methyl sites for hydroxylation is 1. The van der Waals surface area contributed by atoms with E-state index in [1.54, 1.807) is 30.3 Å². The third-order valence-corrected chi connectivity index (χ3v) is 4.11. The topological polar surface area (TPSA) is 99.1 Å². The van der Waals surface area contributed by atoms with Gasteiger partial charge in [-0.3, -0.25) is 14.3 Å². The van der Waals surface area contributed by atoms with Crippen LogP contribution in [0.15, 0.2) is 47.6 Å². The van der Waals surface area contributed by atoms with Crippen LogP contribution in [0.5, 0.6) is 0 Å². The van der Waals surface area contributed by atoms with E-state index in [-0.39, 0.29) is 11.4 Å². The van der Waals surface area contributed by atoms with E-state index < -0.39 is 15.7 Å². The van der Waals surface area contributed by atoms with Crippen molar-refractivity contribution in [1.82, 2.24) is 4.98 Å². The number of nitrogens with two attached hydrogens (primary N) is 1. The van der Waals surface area contributed by atoms with Crippen molar-refractivity contribution in [2.45, 2.75) is 11.4 Å². The first-order valence-corrected chi connectivity index (χ1v) is 7.22. The van der Waals surface area contributed by atoms with E-state index in [9.17, 15) is 14.3 Å². The highest BCUT2D eigenvalue weighted by molar-refractivity contribution is 7.85. The first-order valence-electron chi connectivity index (χ1n) is 5.90. The van der Waals surface area contributed by atoms with Crippen molar-refractivity contribution in [2.24, 2.45) is 0 Å². The minimum Gasteiger partial charge on any atom is -0.396 e. The van der Waals surface area contributed by atoms with Crippen LogP contribution < -0.4 is 5.73 Å². The average Bonchev–Trinajstić information content (AvgIpc) is 2.45. The summed E-state index contributed by atoms with van der Waals surface area (Å²) < 4.78 is 12.1. The Morgan fingerprint density at radius 3 is 2.70 bits per heavy atom. The first-order chi connectivity index (χ1) is 9.59. The third kappa shape index (κ3) is 3.18. The van der Waals surface area contributed by atoms with Crippen LogP contribution in [0.1, 0.15) is 5.56 Å². The number of hydrogen-bond donors (Lipinski definition) is 1. The Morgan fingerprint density at radius 1 is 1.25 bits per heavy atom. The molecule has 104 valence electrons. The molecule has 0 aliphatic carbocycles. The summed E-state index contributed by atoms with van der Waals surface area (Å²) in [4.78, 5) is 14.4. The van der Waals surface area contributed by atoms with Gasteiger partial charge < -0.3 is 5.73 Å². The molecule has 0 spiro atoms. The molecule has 2 N–H and O–H groups in total. The van der Waals surface area contributed by atoms with Crippen LogP contribution in [-0.2, 0) is 17.2 Å². The van der Waals surface area contributed by atoms with E-state index in [2.05, 4.69) is 4.98 Å². The molecular formula is C13H13N3O3S. The minimum atomic E-state index is -1.38. The Morgan fingerprint density at radius 2 is 2.00 bits per heavy atom. The number of nitro benzene ring substituents is 1. The standard InChI is InChI=1S/C13H13N3O3S/c14-11-5-3-8-15-13(11)20(19)9-7-10-4-1-2-6-12(10)16(17)18/h1-6,8H,7,9,14H2. The van der Waals surface area contributed by atoms with Crippen molar-refractivity contribution in [3.63, 3.8) is 0 Å². The summed E-state index contributed by atoms with van der Waals surface area (Å²) in [6.07, 6.45) is 1.86. The van der Waals surface area contributed by atoms with Crippen molar-refractivity contribution in [2.75, 3.05) is 11.5 Å². The Labute approximate surface area is 118 Å². The van der Waals surface area contributed by atoms with E-state index in [4.69, 9.17) is 5.73 Å². The van der Waals surface area contributed by atoms with Gasteiger partial charge in [0.15, 0.2) is 0 Å². The van der Waals surface area contributed by atoms with Gasteiger partial charge in [0, 0.05) is 23.6 Å². The molecule has 0 fully saturated rings. The number of nitrogen functional groups attached to an aromatic ring is 1. The summed E-state index contributed by atoms with van der Waals surface area (Å²) in [6, 6.07) is 9.73. The maximum atomic E-state index is 12.1. The number of para-hydroxylation sites is 1. The normalized spacial score (nSPS) is 12.0. The number of nitrogens with zero attached hydrogens (tertiary/aromatic N) is 2. The summed E-state index contributed by atoms with van der Waals surface area (Å²) in [7, 11) is -1.38. The van der Waals surface area contributed by atoms with Crippen LogP contribution >= 0.6 is 0 Å². The lowest BCUT2D eigenvalue weighted by molar-refractivity contribution is -0.385. The van der Waals surface area contributed by atoms with E-state index in [0.717, 1.165) is 0 Å². The molecule has 6 nitrogen and oxygen atoms in total. The molecule has 0 saturated heterocycles.